The third kappa shape index (κ3) is 4.60. The zero-order valence-electron chi connectivity index (χ0n) is 14.8. The fraction of sp³-hybridized carbons (Fsp3) is 0.526. The average Bonchev–Trinajstić information content (AvgIpc) is 3.26. The number of halogens is 1. The standard InChI is InChI=1S/C19H23ClN2O3S/c1-12-6-7-14(20)9-16(12)22(19(25)13-8-18(24)26-11-13)10-17(23)21-15-4-2-3-5-15/h6-7,9,13,15H,2-5,8,10-11H2,1H3,(H,21,23)/t13-/m1/s1. The van der Waals surface area contributed by atoms with Crippen LogP contribution in [0.2, 0.25) is 5.02 Å². The smallest absolute Gasteiger partial charge is 0.240 e. The van der Waals surface area contributed by atoms with Crippen LogP contribution in [0.15, 0.2) is 18.2 Å². The summed E-state index contributed by atoms with van der Waals surface area (Å²) in [7, 11) is 0. The summed E-state index contributed by atoms with van der Waals surface area (Å²) in [5.74, 6) is -0.264. The number of hydrogen-bond donors (Lipinski definition) is 1. The van der Waals surface area contributed by atoms with Crippen LogP contribution in [0.4, 0.5) is 5.69 Å². The van der Waals surface area contributed by atoms with Crippen molar-refractivity contribution in [3.8, 4) is 0 Å². The molecule has 1 atom stereocenters. The number of nitrogens with zero attached hydrogens (tertiary/aromatic N) is 1. The lowest BCUT2D eigenvalue weighted by molar-refractivity contribution is -0.126. The highest BCUT2D eigenvalue weighted by Gasteiger charge is 2.34. The minimum atomic E-state index is -0.384. The number of rotatable bonds is 5. The Morgan fingerprint density at radius 1 is 1.31 bits per heavy atom. The van der Waals surface area contributed by atoms with E-state index in [0.717, 1.165) is 31.2 Å². The van der Waals surface area contributed by atoms with Gasteiger partial charge >= 0.3 is 0 Å². The van der Waals surface area contributed by atoms with Gasteiger partial charge in [0.2, 0.25) is 11.8 Å². The Balaban J connectivity index is 1.80. The Hall–Kier alpha value is -1.53. The second kappa shape index (κ2) is 8.44. The van der Waals surface area contributed by atoms with Gasteiger partial charge in [-0.05, 0) is 37.5 Å². The van der Waals surface area contributed by atoms with Gasteiger partial charge in [-0.3, -0.25) is 14.4 Å². The summed E-state index contributed by atoms with van der Waals surface area (Å²) >= 11 is 7.31. The van der Waals surface area contributed by atoms with Crippen LogP contribution in [0.5, 0.6) is 0 Å². The minimum absolute atomic E-state index is 0.0292. The van der Waals surface area contributed by atoms with Crippen molar-refractivity contribution < 1.29 is 14.4 Å². The molecule has 3 rings (SSSR count). The second-order valence-electron chi connectivity index (χ2n) is 6.99. The number of aryl methyl sites for hydroxylation is 1. The Morgan fingerprint density at radius 3 is 2.69 bits per heavy atom. The maximum Gasteiger partial charge on any atom is 0.240 e. The maximum atomic E-state index is 13.1. The zero-order chi connectivity index (χ0) is 18.7. The van der Waals surface area contributed by atoms with Crippen LogP contribution in [-0.4, -0.2) is 35.3 Å². The monoisotopic (exact) mass is 394 g/mol. The van der Waals surface area contributed by atoms with Crippen molar-refractivity contribution in [2.45, 2.75) is 45.1 Å². The lowest BCUT2D eigenvalue weighted by atomic mass is 10.1. The van der Waals surface area contributed by atoms with E-state index >= 15 is 0 Å². The summed E-state index contributed by atoms with van der Waals surface area (Å²) in [6, 6.07) is 5.50. The van der Waals surface area contributed by atoms with Crippen molar-refractivity contribution in [2.24, 2.45) is 5.92 Å². The number of nitrogens with one attached hydrogen (secondary N) is 1. The number of thioether (sulfide) groups is 1. The molecule has 1 saturated carbocycles. The fourth-order valence-corrected chi connectivity index (χ4v) is 4.67. The van der Waals surface area contributed by atoms with Crippen LogP contribution in [-0.2, 0) is 14.4 Å². The van der Waals surface area contributed by atoms with Gasteiger partial charge in [-0.15, -0.1) is 0 Å². The van der Waals surface area contributed by atoms with Gasteiger partial charge in [0.15, 0.2) is 5.12 Å². The molecule has 1 heterocycles. The van der Waals surface area contributed by atoms with Crippen molar-refractivity contribution in [2.75, 3.05) is 17.2 Å². The molecule has 1 N–H and O–H groups in total. The summed E-state index contributed by atoms with van der Waals surface area (Å²) in [4.78, 5) is 38.7. The van der Waals surface area contributed by atoms with Gasteiger partial charge in [-0.25, -0.2) is 0 Å². The molecule has 5 nitrogen and oxygen atoms in total. The van der Waals surface area contributed by atoms with Crippen LogP contribution in [0.25, 0.3) is 0 Å². The summed E-state index contributed by atoms with van der Waals surface area (Å²) < 4.78 is 0. The molecule has 1 saturated heterocycles. The SMILES string of the molecule is Cc1ccc(Cl)cc1N(CC(=O)NC1CCCC1)C(=O)[C@H]1CSC(=O)C1. The summed E-state index contributed by atoms with van der Waals surface area (Å²) in [5, 5.41) is 3.57. The topological polar surface area (TPSA) is 66.5 Å². The Bertz CT molecular complexity index is 719. The van der Waals surface area contributed by atoms with Crippen LogP contribution in [0.1, 0.15) is 37.7 Å². The van der Waals surface area contributed by atoms with E-state index in [1.807, 2.05) is 13.0 Å². The molecule has 2 aliphatic rings. The molecule has 0 aromatic heterocycles. The Morgan fingerprint density at radius 2 is 2.04 bits per heavy atom. The van der Waals surface area contributed by atoms with Crippen LogP contribution < -0.4 is 10.2 Å². The third-order valence-corrected chi connectivity index (χ3v) is 6.25. The molecular weight excluding hydrogens is 372 g/mol. The largest absolute Gasteiger partial charge is 0.352 e. The van der Waals surface area contributed by atoms with Gasteiger partial charge in [0.05, 0.1) is 5.92 Å². The fourth-order valence-electron chi connectivity index (χ4n) is 3.53. The van der Waals surface area contributed by atoms with E-state index in [-0.39, 0.29) is 41.9 Å². The molecule has 1 aliphatic carbocycles. The summed E-state index contributed by atoms with van der Waals surface area (Å²) in [6.45, 7) is 1.83. The highest BCUT2D eigenvalue weighted by molar-refractivity contribution is 8.14. The first-order chi connectivity index (χ1) is 12.4. The number of hydrogen-bond acceptors (Lipinski definition) is 4. The van der Waals surface area contributed by atoms with Crippen LogP contribution >= 0.6 is 23.4 Å². The Kier molecular flexibility index (Phi) is 6.24. The zero-order valence-corrected chi connectivity index (χ0v) is 16.4. The van der Waals surface area contributed by atoms with Gasteiger partial charge in [0, 0.05) is 28.9 Å². The van der Waals surface area contributed by atoms with Crippen molar-refractivity contribution in [3.05, 3.63) is 28.8 Å². The van der Waals surface area contributed by atoms with E-state index in [9.17, 15) is 14.4 Å². The molecule has 140 valence electrons. The third-order valence-electron chi connectivity index (χ3n) is 4.96. The molecule has 2 fully saturated rings. The van der Waals surface area contributed by atoms with Crippen LogP contribution in [0, 0.1) is 12.8 Å². The van der Waals surface area contributed by atoms with Gasteiger partial charge in [-0.1, -0.05) is 42.3 Å². The first-order valence-electron chi connectivity index (χ1n) is 8.96. The molecule has 1 aromatic carbocycles. The van der Waals surface area contributed by atoms with E-state index in [2.05, 4.69) is 5.32 Å². The van der Waals surface area contributed by atoms with E-state index in [1.165, 1.54) is 16.7 Å². The normalized spacial score (nSPS) is 20.4. The van der Waals surface area contributed by atoms with Gasteiger partial charge in [-0.2, -0.15) is 0 Å². The number of carbonyl (C=O) groups is 3. The van der Waals surface area contributed by atoms with Crippen molar-refractivity contribution in [1.29, 1.82) is 0 Å². The number of benzene rings is 1. The molecule has 0 spiro atoms. The van der Waals surface area contributed by atoms with E-state index in [4.69, 9.17) is 11.6 Å². The van der Waals surface area contributed by atoms with E-state index < -0.39 is 0 Å². The Labute approximate surface area is 162 Å². The minimum Gasteiger partial charge on any atom is -0.352 e. The molecule has 1 aliphatic heterocycles. The molecule has 0 bridgehead atoms. The molecule has 2 amide bonds. The molecule has 7 heteroatoms. The quantitative estimate of drug-likeness (QED) is 0.831. The van der Waals surface area contributed by atoms with Crippen LogP contribution in [0.3, 0.4) is 0 Å². The molecule has 1 aromatic rings. The first kappa shape index (κ1) is 19.2. The molecule has 0 unspecified atom stereocenters. The van der Waals surface area contributed by atoms with E-state index in [0.29, 0.717) is 16.5 Å². The molecule has 26 heavy (non-hydrogen) atoms. The first-order valence-corrected chi connectivity index (χ1v) is 10.3. The number of carbonyl (C=O) groups excluding carboxylic acids is 3. The van der Waals surface area contributed by atoms with Gasteiger partial charge in [0.25, 0.3) is 0 Å². The van der Waals surface area contributed by atoms with Crippen molar-refractivity contribution >= 4 is 46.0 Å². The average molecular weight is 395 g/mol. The molecule has 0 radical (unpaired) electrons. The lowest BCUT2D eigenvalue weighted by Crippen LogP contribution is -2.46. The summed E-state index contributed by atoms with van der Waals surface area (Å²) in [5.41, 5.74) is 1.50. The maximum absolute atomic E-state index is 13.1. The van der Waals surface area contributed by atoms with Crippen molar-refractivity contribution in [3.63, 3.8) is 0 Å². The second-order valence-corrected chi connectivity index (χ2v) is 8.50. The van der Waals surface area contributed by atoms with Gasteiger partial charge in [0.1, 0.15) is 6.54 Å². The number of anilines is 1. The molecular formula is C19H23ClN2O3S. The van der Waals surface area contributed by atoms with Gasteiger partial charge < -0.3 is 10.2 Å². The predicted molar refractivity (Wildman–Crippen MR) is 105 cm³/mol. The van der Waals surface area contributed by atoms with E-state index in [1.54, 1.807) is 12.1 Å². The lowest BCUT2D eigenvalue weighted by Gasteiger charge is -2.27. The van der Waals surface area contributed by atoms with Crippen molar-refractivity contribution in [1.82, 2.24) is 5.32 Å². The highest BCUT2D eigenvalue weighted by Crippen LogP contribution is 2.31. The highest BCUT2D eigenvalue weighted by atomic mass is 35.5. The summed E-state index contributed by atoms with van der Waals surface area (Å²) in [6.07, 6.45) is 4.46. The predicted octanol–water partition coefficient (Wildman–Crippen LogP) is 3.32. The number of amides is 2.